The number of aryl methyl sites for hydroxylation is 1. The summed E-state index contributed by atoms with van der Waals surface area (Å²) in [4.78, 5) is 8.86. The summed E-state index contributed by atoms with van der Waals surface area (Å²) in [6.45, 7) is 2.06. The summed E-state index contributed by atoms with van der Waals surface area (Å²) in [5, 5.41) is 7.21. The molecule has 0 atom stereocenters. The maximum absolute atomic E-state index is 4.50. The van der Waals surface area contributed by atoms with Gasteiger partial charge in [-0.05, 0) is 11.4 Å². The highest BCUT2D eigenvalue weighted by Crippen LogP contribution is 2.22. The van der Waals surface area contributed by atoms with Crippen molar-refractivity contribution in [3.63, 3.8) is 0 Å². The Labute approximate surface area is 93.2 Å². The first-order chi connectivity index (χ1) is 7.33. The molecule has 0 unspecified atom stereocenters. The van der Waals surface area contributed by atoms with Crippen LogP contribution in [-0.4, -0.2) is 17.0 Å². The first-order valence-corrected chi connectivity index (χ1v) is 5.86. The highest BCUT2D eigenvalue weighted by atomic mass is 32.1. The highest BCUT2D eigenvalue weighted by molar-refractivity contribution is 7.08. The molecule has 0 aliphatic carbocycles. The molecule has 0 saturated carbocycles. The first kappa shape index (κ1) is 10.1. The monoisotopic (exact) mass is 219 g/mol. The molecule has 0 aromatic carbocycles. The summed E-state index contributed by atoms with van der Waals surface area (Å²) < 4.78 is 0. The minimum absolute atomic E-state index is 0.854. The van der Waals surface area contributed by atoms with Gasteiger partial charge in [0.05, 0.1) is 5.69 Å². The second-order valence-corrected chi connectivity index (χ2v) is 3.95. The third-order valence-electron chi connectivity index (χ3n) is 2.16. The molecule has 2 heterocycles. The van der Waals surface area contributed by atoms with E-state index >= 15 is 0 Å². The van der Waals surface area contributed by atoms with Crippen LogP contribution >= 0.6 is 11.3 Å². The fourth-order valence-electron chi connectivity index (χ4n) is 1.34. The fourth-order valence-corrected chi connectivity index (χ4v) is 1.99. The van der Waals surface area contributed by atoms with E-state index in [9.17, 15) is 0 Å². The van der Waals surface area contributed by atoms with Crippen LogP contribution in [-0.2, 0) is 6.42 Å². The highest BCUT2D eigenvalue weighted by Gasteiger charge is 2.04. The quantitative estimate of drug-likeness (QED) is 0.862. The summed E-state index contributed by atoms with van der Waals surface area (Å²) in [6, 6.07) is 4.05. The van der Waals surface area contributed by atoms with Crippen LogP contribution in [0.25, 0.3) is 11.3 Å². The van der Waals surface area contributed by atoms with E-state index in [1.807, 2.05) is 13.1 Å². The van der Waals surface area contributed by atoms with Crippen molar-refractivity contribution in [2.75, 3.05) is 12.4 Å². The SMILES string of the molecule is CCc1nc(NC)cc(-c2ccsc2)n1. The second-order valence-electron chi connectivity index (χ2n) is 3.17. The van der Waals surface area contributed by atoms with Crippen molar-refractivity contribution >= 4 is 17.2 Å². The van der Waals surface area contributed by atoms with E-state index in [1.54, 1.807) is 11.3 Å². The minimum Gasteiger partial charge on any atom is -0.373 e. The molecule has 1 N–H and O–H groups in total. The third kappa shape index (κ3) is 2.15. The number of aromatic nitrogens is 2. The molecule has 2 aromatic rings. The smallest absolute Gasteiger partial charge is 0.131 e. The Kier molecular flexibility index (Phi) is 2.97. The zero-order valence-corrected chi connectivity index (χ0v) is 9.64. The van der Waals surface area contributed by atoms with Crippen LogP contribution in [0, 0.1) is 0 Å². The maximum Gasteiger partial charge on any atom is 0.131 e. The van der Waals surface area contributed by atoms with Crippen LogP contribution in [0.3, 0.4) is 0 Å². The summed E-state index contributed by atoms with van der Waals surface area (Å²) in [5.41, 5.74) is 2.15. The molecule has 0 bridgehead atoms. The number of hydrogen-bond donors (Lipinski definition) is 1. The van der Waals surface area contributed by atoms with Crippen molar-refractivity contribution in [2.45, 2.75) is 13.3 Å². The van der Waals surface area contributed by atoms with E-state index in [0.29, 0.717) is 0 Å². The van der Waals surface area contributed by atoms with Crippen molar-refractivity contribution in [1.29, 1.82) is 0 Å². The van der Waals surface area contributed by atoms with E-state index < -0.39 is 0 Å². The normalized spacial score (nSPS) is 10.3. The molecule has 0 amide bonds. The lowest BCUT2D eigenvalue weighted by Crippen LogP contribution is -2.00. The van der Waals surface area contributed by atoms with E-state index in [-0.39, 0.29) is 0 Å². The van der Waals surface area contributed by atoms with Crippen molar-refractivity contribution in [3.8, 4) is 11.3 Å². The molecule has 0 aliphatic heterocycles. The fraction of sp³-hybridized carbons (Fsp3) is 0.273. The lowest BCUT2D eigenvalue weighted by atomic mass is 10.2. The minimum atomic E-state index is 0.854. The van der Waals surface area contributed by atoms with Crippen LogP contribution in [0.2, 0.25) is 0 Å². The van der Waals surface area contributed by atoms with Gasteiger partial charge in [-0.3, -0.25) is 0 Å². The molecule has 15 heavy (non-hydrogen) atoms. The molecule has 0 spiro atoms. The van der Waals surface area contributed by atoms with Crippen molar-refractivity contribution in [2.24, 2.45) is 0 Å². The Bertz CT molecular complexity index is 415. The van der Waals surface area contributed by atoms with E-state index in [0.717, 1.165) is 29.3 Å². The van der Waals surface area contributed by atoms with Crippen LogP contribution in [0.5, 0.6) is 0 Å². The van der Waals surface area contributed by atoms with Crippen molar-refractivity contribution in [1.82, 2.24) is 9.97 Å². The number of nitrogens with zero attached hydrogens (tertiary/aromatic N) is 2. The van der Waals surface area contributed by atoms with Gasteiger partial charge >= 0.3 is 0 Å². The Morgan fingerprint density at radius 3 is 2.87 bits per heavy atom. The summed E-state index contributed by atoms with van der Waals surface area (Å²) in [6.07, 6.45) is 0.854. The van der Waals surface area contributed by atoms with Crippen LogP contribution < -0.4 is 5.32 Å². The van der Waals surface area contributed by atoms with Gasteiger partial charge in [-0.2, -0.15) is 11.3 Å². The maximum atomic E-state index is 4.50. The van der Waals surface area contributed by atoms with Crippen LogP contribution in [0.1, 0.15) is 12.7 Å². The second kappa shape index (κ2) is 4.40. The van der Waals surface area contributed by atoms with Crippen molar-refractivity contribution < 1.29 is 0 Å². The molecule has 0 radical (unpaired) electrons. The predicted molar refractivity (Wildman–Crippen MR) is 64.3 cm³/mol. The number of thiophene rings is 1. The van der Waals surface area contributed by atoms with Gasteiger partial charge in [0.15, 0.2) is 0 Å². The van der Waals surface area contributed by atoms with E-state index in [1.165, 1.54) is 0 Å². The number of hydrogen-bond acceptors (Lipinski definition) is 4. The zero-order valence-electron chi connectivity index (χ0n) is 8.82. The summed E-state index contributed by atoms with van der Waals surface area (Å²) in [5.74, 6) is 1.76. The van der Waals surface area contributed by atoms with Crippen LogP contribution in [0.4, 0.5) is 5.82 Å². The van der Waals surface area contributed by atoms with Gasteiger partial charge in [-0.1, -0.05) is 6.92 Å². The molecule has 2 aromatic heterocycles. The first-order valence-electron chi connectivity index (χ1n) is 4.91. The topological polar surface area (TPSA) is 37.8 Å². The molecule has 0 fully saturated rings. The molecule has 0 saturated heterocycles. The standard InChI is InChI=1S/C11H13N3S/c1-3-10-13-9(6-11(12-2)14-10)8-4-5-15-7-8/h4-7H,3H2,1-2H3,(H,12,13,14). The molecule has 3 nitrogen and oxygen atoms in total. The van der Waals surface area contributed by atoms with Gasteiger partial charge < -0.3 is 5.32 Å². The number of anilines is 1. The van der Waals surface area contributed by atoms with Gasteiger partial charge in [-0.25, -0.2) is 9.97 Å². The third-order valence-corrected chi connectivity index (χ3v) is 2.84. The van der Waals surface area contributed by atoms with E-state index in [2.05, 4.69) is 39.0 Å². The van der Waals surface area contributed by atoms with Gasteiger partial charge in [0.25, 0.3) is 0 Å². The lowest BCUT2D eigenvalue weighted by Gasteiger charge is -2.05. The zero-order chi connectivity index (χ0) is 10.7. The molecular weight excluding hydrogens is 206 g/mol. The Morgan fingerprint density at radius 2 is 2.27 bits per heavy atom. The molecule has 0 aliphatic rings. The number of nitrogens with one attached hydrogen (secondary N) is 1. The Balaban J connectivity index is 2.47. The predicted octanol–water partition coefficient (Wildman–Crippen LogP) is 2.81. The van der Waals surface area contributed by atoms with Crippen LogP contribution in [0.15, 0.2) is 22.9 Å². The molecular formula is C11H13N3S. The van der Waals surface area contributed by atoms with Gasteiger partial charge in [-0.15, -0.1) is 0 Å². The summed E-state index contributed by atoms with van der Waals surface area (Å²) in [7, 11) is 1.87. The molecule has 2 rings (SSSR count). The average Bonchev–Trinajstić information content (AvgIpc) is 2.81. The Morgan fingerprint density at radius 1 is 1.40 bits per heavy atom. The van der Waals surface area contributed by atoms with Gasteiger partial charge in [0, 0.05) is 30.5 Å². The molecule has 4 heteroatoms. The van der Waals surface area contributed by atoms with E-state index in [4.69, 9.17) is 0 Å². The Hall–Kier alpha value is -1.42. The summed E-state index contributed by atoms with van der Waals surface area (Å²) >= 11 is 1.68. The van der Waals surface area contributed by atoms with Gasteiger partial charge in [0.1, 0.15) is 11.6 Å². The number of rotatable bonds is 3. The van der Waals surface area contributed by atoms with Gasteiger partial charge in [0.2, 0.25) is 0 Å². The van der Waals surface area contributed by atoms with Crippen molar-refractivity contribution in [3.05, 3.63) is 28.7 Å². The average molecular weight is 219 g/mol. The lowest BCUT2D eigenvalue weighted by molar-refractivity contribution is 0.945. The largest absolute Gasteiger partial charge is 0.373 e. The molecule has 78 valence electrons.